The highest BCUT2D eigenvalue weighted by molar-refractivity contribution is 7.81. The number of benzene rings is 3. The number of fused-ring (bicyclic) bond motifs is 1. The highest BCUT2D eigenvalue weighted by atomic mass is 32.1. The molecule has 0 saturated carbocycles. The van der Waals surface area contributed by atoms with E-state index in [0.29, 0.717) is 11.3 Å². The van der Waals surface area contributed by atoms with Gasteiger partial charge in [-0.2, -0.15) is 12.6 Å². The lowest BCUT2D eigenvalue weighted by molar-refractivity contribution is 0.244. The topological polar surface area (TPSA) is 24.5 Å². The Balaban J connectivity index is 1.47. The fraction of sp³-hybridized carbons (Fsp3) is 0.360. The molecule has 1 aliphatic heterocycles. The Labute approximate surface area is 179 Å². The van der Waals surface area contributed by atoms with Crippen molar-refractivity contribution in [3.63, 3.8) is 0 Å². The zero-order chi connectivity index (χ0) is 20.1. The third-order valence-electron chi connectivity index (χ3n) is 5.82. The molecule has 1 heterocycles. The Morgan fingerprint density at radius 1 is 1.03 bits per heavy atom. The summed E-state index contributed by atoms with van der Waals surface area (Å²) in [5.41, 5.74) is 2.75. The van der Waals surface area contributed by atoms with Crippen molar-refractivity contribution in [2.75, 3.05) is 26.7 Å². The number of methoxy groups -OCH3 is 1. The van der Waals surface area contributed by atoms with Crippen LogP contribution in [-0.4, -0.2) is 42.9 Å². The molecule has 0 aromatic heterocycles. The van der Waals surface area contributed by atoms with Crippen molar-refractivity contribution in [2.24, 2.45) is 0 Å². The van der Waals surface area contributed by atoms with Gasteiger partial charge in [0, 0.05) is 37.5 Å². The Kier molecular flexibility index (Phi) is 6.75. The van der Waals surface area contributed by atoms with E-state index >= 15 is 0 Å². The standard InChI is InChI=1S/C25H30N2OS/c1-28-23-11-9-19(10-12-23)17-27(18-22-15-24(29)16-26-22)14-13-21-7-4-6-20-5-2-3-8-25(20)21/h2-12,22,24,26,29H,13-18H2,1H3/t22-,24-/m0/s1. The first-order valence-corrected chi connectivity index (χ1v) is 11.0. The van der Waals surface area contributed by atoms with E-state index < -0.39 is 0 Å². The molecule has 29 heavy (non-hydrogen) atoms. The minimum absolute atomic E-state index is 0.473. The van der Waals surface area contributed by atoms with E-state index in [9.17, 15) is 0 Å². The van der Waals surface area contributed by atoms with E-state index in [1.165, 1.54) is 21.9 Å². The summed E-state index contributed by atoms with van der Waals surface area (Å²) in [6.07, 6.45) is 2.19. The predicted molar refractivity (Wildman–Crippen MR) is 125 cm³/mol. The molecular formula is C25H30N2OS. The van der Waals surface area contributed by atoms with Crippen molar-refractivity contribution >= 4 is 23.4 Å². The maximum absolute atomic E-state index is 5.31. The minimum Gasteiger partial charge on any atom is -0.497 e. The van der Waals surface area contributed by atoms with E-state index in [1.807, 2.05) is 0 Å². The summed E-state index contributed by atoms with van der Waals surface area (Å²) in [4.78, 5) is 2.58. The monoisotopic (exact) mass is 406 g/mol. The average molecular weight is 407 g/mol. The largest absolute Gasteiger partial charge is 0.497 e. The van der Waals surface area contributed by atoms with Crippen molar-refractivity contribution in [1.82, 2.24) is 10.2 Å². The van der Waals surface area contributed by atoms with Crippen molar-refractivity contribution in [1.29, 1.82) is 0 Å². The molecule has 2 atom stereocenters. The Hall–Kier alpha value is -2.01. The lowest BCUT2D eigenvalue weighted by Gasteiger charge is -2.26. The number of rotatable bonds is 8. The van der Waals surface area contributed by atoms with Crippen LogP contribution in [0, 0.1) is 0 Å². The summed E-state index contributed by atoms with van der Waals surface area (Å²) < 4.78 is 5.31. The number of nitrogens with one attached hydrogen (secondary N) is 1. The van der Waals surface area contributed by atoms with Gasteiger partial charge in [0.1, 0.15) is 5.75 Å². The maximum atomic E-state index is 5.31. The highest BCUT2D eigenvalue weighted by Crippen LogP contribution is 2.21. The van der Waals surface area contributed by atoms with Gasteiger partial charge in [-0.15, -0.1) is 0 Å². The van der Waals surface area contributed by atoms with Gasteiger partial charge in [0.05, 0.1) is 7.11 Å². The second-order valence-corrected chi connectivity index (χ2v) is 8.70. The summed E-state index contributed by atoms with van der Waals surface area (Å²) in [5.74, 6) is 0.909. The van der Waals surface area contributed by atoms with E-state index in [1.54, 1.807) is 7.11 Å². The van der Waals surface area contributed by atoms with E-state index in [-0.39, 0.29) is 0 Å². The maximum Gasteiger partial charge on any atom is 0.118 e. The first-order valence-electron chi connectivity index (χ1n) is 10.4. The molecule has 3 nitrogen and oxygen atoms in total. The molecule has 0 unspecified atom stereocenters. The molecule has 0 amide bonds. The van der Waals surface area contributed by atoms with Crippen molar-refractivity contribution < 1.29 is 4.74 Å². The summed E-state index contributed by atoms with van der Waals surface area (Å²) in [5, 5.41) is 6.79. The Morgan fingerprint density at radius 3 is 2.59 bits per heavy atom. The van der Waals surface area contributed by atoms with E-state index in [0.717, 1.165) is 44.8 Å². The van der Waals surface area contributed by atoms with Gasteiger partial charge >= 0.3 is 0 Å². The predicted octanol–water partition coefficient (Wildman–Crippen LogP) is 4.55. The van der Waals surface area contributed by atoms with Gasteiger partial charge in [0.2, 0.25) is 0 Å². The SMILES string of the molecule is COc1ccc(CN(CCc2cccc3ccccc23)C[C@@H]2C[C@H](S)CN2)cc1. The van der Waals surface area contributed by atoms with Crippen molar-refractivity contribution in [2.45, 2.75) is 30.7 Å². The number of ether oxygens (including phenoxy) is 1. The summed E-state index contributed by atoms with van der Waals surface area (Å²) in [6.45, 7) is 4.04. The molecule has 0 bridgehead atoms. The van der Waals surface area contributed by atoms with E-state index in [4.69, 9.17) is 4.74 Å². The summed E-state index contributed by atoms with van der Waals surface area (Å²) in [6, 6.07) is 24.3. The van der Waals surface area contributed by atoms with Gasteiger partial charge < -0.3 is 10.1 Å². The molecule has 0 aliphatic carbocycles. The lowest BCUT2D eigenvalue weighted by Crippen LogP contribution is -2.38. The average Bonchev–Trinajstić information content (AvgIpc) is 3.17. The number of hydrogen-bond acceptors (Lipinski definition) is 4. The summed E-state index contributed by atoms with van der Waals surface area (Å²) in [7, 11) is 1.71. The Morgan fingerprint density at radius 2 is 1.83 bits per heavy atom. The minimum atomic E-state index is 0.473. The van der Waals surface area contributed by atoms with Crippen LogP contribution < -0.4 is 10.1 Å². The zero-order valence-corrected chi connectivity index (χ0v) is 17.9. The molecule has 1 saturated heterocycles. The third kappa shape index (κ3) is 5.33. The second kappa shape index (κ2) is 9.66. The molecular weight excluding hydrogens is 376 g/mol. The number of thiol groups is 1. The smallest absolute Gasteiger partial charge is 0.118 e. The van der Waals surface area contributed by atoms with Crippen molar-refractivity contribution in [3.05, 3.63) is 77.9 Å². The third-order valence-corrected chi connectivity index (χ3v) is 6.21. The van der Waals surface area contributed by atoms with Gasteiger partial charge in [0.25, 0.3) is 0 Å². The Bertz CT molecular complexity index is 922. The molecule has 1 aliphatic rings. The molecule has 4 heteroatoms. The fourth-order valence-corrected chi connectivity index (χ4v) is 4.62. The van der Waals surface area contributed by atoms with Crippen LogP contribution in [0.4, 0.5) is 0 Å². The van der Waals surface area contributed by atoms with Crippen LogP contribution in [0.2, 0.25) is 0 Å². The first-order chi connectivity index (χ1) is 14.2. The number of hydrogen-bond donors (Lipinski definition) is 2. The normalized spacial score (nSPS) is 19.1. The van der Waals surface area contributed by atoms with Crippen molar-refractivity contribution in [3.8, 4) is 5.75 Å². The highest BCUT2D eigenvalue weighted by Gasteiger charge is 2.23. The number of nitrogens with zero attached hydrogens (tertiary/aromatic N) is 1. The fourth-order valence-electron chi connectivity index (χ4n) is 4.26. The quantitative estimate of drug-likeness (QED) is 0.537. The van der Waals surface area contributed by atoms with Crippen LogP contribution in [0.5, 0.6) is 5.75 Å². The molecule has 152 valence electrons. The van der Waals surface area contributed by atoms with Crippen LogP contribution in [-0.2, 0) is 13.0 Å². The van der Waals surface area contributed by atoms with E-state index in [2.05, 4.69) is 89.6 Å². The van der Waals surface area contributed by atoms with Gasteiger partial charge in [-0.25, -0.2) is 0 Å². The lowest BCUT2D eigenvalue weighted by atomic mass is 10.0. The van der Waals surface area contributed by atoms with Crippen LogP contribution in [0.25, 0.3) is 10.8 Å². The molecule has 0 radical (unpaired) electrons. The molecule has 0 spiro atoms. The van der Waals surface area contributed by atoms with Gasteiger partial charge in [-0.1, -0.05) is 54.6 Å². The van der Waals surface area contributed by atoms with Gasteiger partial charge in [0.15, 0.2) is 0 Å². The van der Waals surface area contributed by atoms with Gasteiger partial charge in [-0.3, -0.25) is 4.90 Å². The van der Waals surface area contributed by atoms with Gasteiger partial charge in [-0.05, 0) is 46.9 Å². The van der Waals surface area contributed by atoms with Crippen LogP contribution in [0.15, 0.2) is 66.7 Å². The van der Waals surface area contributed by atoms with Crippen LogP contribution in [0.1, 0.15) is 17.5 Å². The zero-order valence-electron chi connectivity index (χ0n) is 17.1. The first kappa shape index (κ1) is 20.3. The molecule has 3 aromatic rings. The second-order valence-electron chi connectivity index (χ2n) is 7.97. The molecule has 3 aromatic carbocycles. The molecule has 1 fully saturated rings. The van der Waals surface area contributed by atoms with Crippen LogP contribution in [0.3, 0.4) is 0 Å². The summed E-state index contributed by atoms with van der Waals surface area (Å²) >= 11 is 4.65. The molecule has 1 N–H and O–H groups in total. The van der Waals surface area contributed by atoms with Crippen LogP contribution >= 0.6 is 12.6 Å². The molecule has 4 rings (SSSR count).